The van der Waals surface area contributed by atoms with E-state index in [1.165, 1.54) is 0 Å². The first-order valence-corrected chi connectivity index (χ1v) is 6.20. The monoisotopic (exact) mass is 238 g/mol. The van der Waals surface area contributed by atoms with E-state index in [-0.39, 0.29) is 36.1 Å². The van der Waals surface area contributed by atoms with Crippen molar-refractivity contribution in [3.05, 3.63) is 12.2 Å². The number of carbonyl (C=O) groups excluding carboxylic acids is 1. The fraction of sp³-hybridized carbons (Fsp3) is 0.692. The van der Waals surface area contributed by atoms with E-state index in [4.69, 9.17) is 9.84 Å². The zero-order valence-electron chi connectivity index (χ0n) is 9.96. The zero-order chi connectivity index (χ0) is 12.4. The van der Waals surface area contributed by atoms with Crippen LogP contribution in [0.5, 0.6) is 0 Å². The van der Waals surface area contributed by atoms with Crippen molar-refractivity contribution in [1.29, 1.82) is 0 Å². The Morgan fingerprint density at radius 2 is 1.94 bits per heavy atom. The summed E-state index contributed by atoms with van der Waals surface area (Å²) in [7, 11) is 0. The third kappa shape index (κ3) is 2.35. The first-order chi connectivity index (χ1) is 8.13. The minimum Gasteiger partial charge on any atom is -0.481 e. The Morgan fingerprint density at radius 3 is 2.47 bits per heavy atom. The van der Waals surface area contributed by atoms with E-state index >= 15 is 0 Å². The van der Waals surface area contributed by atoms with Gasteiger partial charge in [-0.05, 0) is 37.5 Å². The van der Waals surface area contributed by atoms with Gasteiger partial charge in [-0.25, -0.2) is 0 Å². The summed E-state index contributed by atoms with van der Waals surface area (Å²) in [4.78, 5) is 22.8. The van der Waals surface area contributed by atoms with Crippen molar-refractivity contribution >= 4 is 11.9 Å². The molecule has 4 atom stereocenters. The molecule has 0 heterocycles. The van der Waals surface area contributed by atoms with Gasteiger partial charge in [0, 0.05) is 6.42 Å². The topological polar surface area (TPSA) is 63.6 Å². The zero-order valence-corrected chi connectivity index (χ0v) is 9.96. The van der Waals surface area contributed by atoms with Gasteiger partial charge in [0.1, 0.15) is 0 Å². The van der Waals surface area contributed by atoms with Crippen LogP contribution < -0.4 is 0 Å². The fourth-order valence-corrected chi connectivity index (χ4v) is 3.17. The number of allylic oxidation sites excluding steroid dienone is 2. The van der Waals surface area contributed by atoms with Crippen LogP contribution in [0, 0.1) is 23.7 Å². The van der Waals surface area contributed by atoms with Gasteiger partial charge >= 0.3 is 11.9 Å². The van der Waals surface area contributed by atoms with Crippen LogP contribution in [0.4, 0.5) is 0 Å². The van der Waals surface area contributed by atoms with E-state index in [0.717, 1.165) is 12.8 Å². The smallest absolute Gasteiger partial charge is 0.309 e. The minimum absolute atomic E-state index is 0.0645. The number of carboxylic acids is 1. The summed E-state index contributed by atoms with van der Waals surface area (Å²) in [6.07, 6.45) is 6.18. The third-order valence-corrected chi connectivity index (χ3v) is 3.88. The first-order valence-electron chi connectivity index (χ1n) is 6.20. The van der Waals surface area contributed by atoms with Crippen LogP contribution in [0.15, 0.2) is 12.2 Å². The molecule has 0 aliphatic heterocycles. The molecule has 4 nitrogen and oxygen atoms in total. The van der Waals surface area contributed by atoms with Crippen molar-refractivity contribution in [2.24, 2.45) is 23.7 Å². The lowest BCUT2D eigenvalue weighted by atomic mass is 9.61. The van der Waals surface area contributed by atoms with Gasteiger partial charge < -0.3 is 9.84 Å². The summed E-state index contributed by atoms with van der Waals surface area (Å²) in [5, 5.41) is 8.95. The second kappa shape index (κ2) is 4.90. The molecule has 94 valence electrons. The van der Waals surface area contributed by atoms with Crippen molar-refractivity contribution in [3.63, 3.8) is 0 Å². The summed E-state index contributed by atoms with van der Waals surface area (Å²) in [6, 6.07) is 0. The van der Waals surface area contributed by atoms with Gasteiger partial charge in [-0.2, -0.15) is 0 Å². The van der Waals surface area contributed by atoms with Gasteiger partial charge in [0.2, 0.25) is 0 Å². The second-order valence-corrected chi connectivity index (χ2v) is 4.83. The highest BCUT2D eigenvalue weighted by molar-refractivity contribution is 5.76. The van der Waals surface area contributed by atoms with Gasteiger partial charge in [-0.3, -0.25) is 9.59 Å². The van der Waals surface area contributed by atoms with Crippen LogP contribution in [-0.4, -0.2) is 23.7 Å². The first kappa shape index (κ1) is 12.1. The molecule has 0 aromatic heterocycles. The Labute approximate surface area is 101 Å². The number of carbonyl (C=O) groups is 2. The third-order valence-electron chi connectivity index (χ3n) is 3.88. The van der Waals surface area contributed by atoms with Crippen molar-refractivity contribution < 1.29 is 19.4 Å². The van der Waals surface area contributed by atoms with E-state index in [9.17, 15) is 9.59 Å². The molecular weight excluding hydrogens is 220 g/mol. The number of hydrogen-bond acceptors (Lipinski definition) is 3. The van der Waals surface area contributed by atoms with Gasteiger partial charge in [0.25, 0.3) is 0 Å². The summed E-state index contributed by atoms with van der Waals surface area (Å²) < 4.78 is 5.08. The van der Waals surface area contributed by atoms with E-state index in [1.807, 2.05) is 0 Å². The number of esters is 1. The van der Waals surface area contributed by atoms with Crippen LogP contribution in [-0.2, 0) is 14.3 Å². The Bertz CT molecular complexity index is 347. The molecule has 17 heavy (non-hydrogen) atoms. The number of carboxylic acid groups (broad SMARTS) is 1. The average molecular weight is 238 g/mol. The molecule has 0 saturated heterocycles. The molecule has 0 aromatic rings. The minimum atomic E-state index is -0.828. The molecule has 0 aromatic carbocycles. The summed E-state index contributed by atoms with van der Waals surface area (Å²) in [5.41, 5.74) is 0. The normalized spacial score (nSPS) is 34.6. The molecule has 0 radical (unpaired) electrons. The molecule has 1 N–H and O–H groups in total. The average Bonchev–Trinajstić information content (AvgIpc) is 2.29. The molecular formula is C13H18O4. The van der Waals surface area contributed by atoms with E-state index in [1.54, 1.807) is 6.92 Å². The van der Waals surface area contributed by atoms with Crippen LogP contribution in [0.3, 0.4) is 0 Å². The summed E-state index contributed by atoms with van der Waals surface area (Å²) >= 11 is 0. The van der Waals surface area contributed by atoms with Crippen LogP contribution >= 0.6 is 0 Å². The van der Waals surface area contributed by atoms with Crippen molar-refractivity contribution in [1.82, 2.24) is 0 Å². The van der Waals surface area contributed by atoms with E-state index in [2.05, 4.69) is 12.2 Å². The maximum atomic E-state index is 11.9. The number of ether oxygens (including phenoxy) is 1. The maximum absolute atomic E-state index is 11.9. The molecule has 4 heteroatoms. The summed E-state index contributed by atoms with van der Waals surface area (Å²) in [5.74, 6) is -0.998. The van der Waals surface area contributed by atoms with Crippen LogP contribution in [0.2, 0.25) is 0 Å². The second-order valence-electron chi connectivity index (χ2n) is 4.83. The molecule has 0 spiro atoms. The standard InChI is InChI=1S/C13H18O4/c1-2-17-13(16)12-9-5-3-8(4-6-9)10(12)7-11(14)15/h3,5,8-10,12H,2,4,6-7H2,1H3,(H,14,15). The SMILES string of the molecule is CCOC(=O)C1C2C=CC(CC2)C1CC(=O)O. The maximum Gasteiger partial charge on any atom is 0.309 e. The quantitative estimate of drug-likeness (QED) is 0.599. The van der Waals surface area contributed by atoms with E-state index in [0.29, 0.717) is 6.61 Å². The molecule has 3 aliphatic carbocycles. The predicted octanol–water partition coefficient (Wildman–Crippen LogP) is 1.85. The van der Waals surface area contributed by atoms with Gasteiger partial charge in [-0.1, -0.05) is 12.2 Å². The highest BCUT2D eigenvalue weighted by Gasteiger charge is 2.45. The molecule has 1 fully saturated rings. The van der Waals surface area contributed by atoms with Crippen LogP contribution in [0.25, 0.3) is 0 Å². The predicted molar refractivity (Wildman–Crippen MR) is 61.2 cm³/mol. The summed E-state index contributed by atoms with van der Waals surface area (Å²) in [6.45, 7) is 2.14. The number of fused-ring (bicyclic) bond motifs is 2. The molecule has 1 saturated carbocycles. The van der Waals surface area contributed by atoms with E-state index < -0.39 is 5.97 Å². The Hall–Kier alpha value is -1.32. The van der Waals surface area contributed by atoms with Crippen LogP contribution in [0.1, 0.15) is 26.2 Å². The molecule has 3 rings (SSSR count). The molecule has 4 unspecified atom stereocenters. The fourth-order valence-electron chi connectivity index (χ4n) is 3.17. The Balaban J connectivity index is 2.17. The number of rotatable bonds is 4. The Kier molecular flexibility index (Phi) is 3.50. The van der Waals surface area contributed by atoms with Crippen molar-refractivity contribution in [2.45, 2.75) is 26.2 Å². The molecule has 3 aliphatic rings. The van der Waals surface area contributed by atoms with Gasteiger partial charge in [0.05, 0.1) is 12.5 Å². The van der Waals surface area contributed by atoms with Crippen molar-refractivity contribution in [3.8, 4) is 0 Å². The lowest BCUT2D eigenvalue weighted by Gasteiger charge is -2.43. The molecule has 0 amide bonds. The lowest BCUT2D eigenvalue weighted by molar-refractivity contribution is -0.156. The Morgan fingerprint density at radius 1 is 1.29 bits per heavy atom. The largest absolute Gasteiger partial charge is 0.481 e. The number of aliphatic carboxylic acids is 1. The lowest BCUT2D eigenvalue weighted by Crippen LogP contribution is -2.43. The van der Waals surface area contributed by atoms with Crippen molar-refractivity contribution in [2.75, 3.05) is 6.61 Å². The number of hydrogen-bond donors (Lipinski definition) is 1. The van der Waals surface area contributed by atoms with Gasteiger partial charge in [0.15, 0.2) is 0 Å². The highest BCUT2D eigenvalue weighted by atomic mass is 16.5. The van der Waals surface area contributed by atoms with Gasteiger partial charge in [-0.15, -0.1) is 0 Å². The molecule has 2 bridgehead atoms. The highest BCUT2D eigenvalue weighted by Crippen LogP contribution is 2.46.